The van der Waals surface area contributed by atoms with Gasteiger partial charge in [0, 0.05) is 17.3 Å². The summed E-state index contributed by atoms with van der Waals surface area (Å²) in [5.74, 6) is -0.478. The van der Waals surface area contributed by atoms with Crippen molar-refractivity contribution in [2.24, 2.45) is 0 Å². The van der Waals surface area contributed by atoms with E-state index in [0.29, 0.717) is 0 Å². The molecule has 8 heteroatoms. The Morgan fingerprint density at radius 2 is 2.17 bits per heavy atom. The van der Waals surface area contributed by atoms with Gasteiger partial charge in [-0.1, -0.05) is 11.6 Å². The third kappa shape index (κ3) is 4.59. The van der Waals surface area contributed by atoms with E-state index in [-0.39, 0.29) is 33.2 Å². The number of amides is 1. The molecule has 0 aromatic heterocycles. The maximum atomic E-state index is 12.3. The second kappa shape index (κ2) is 7.11. The lowest BCUT2D eigenvalue weighted by atomic mass is 10.3. The largest absolute Gasteiger partial charge is 0.431 e. The molecule has 0 unspecified atom stereocenters. The van der Waals surface area contributed by atoms with Gasteiger partial charge in [-0.25, -0.2) is 0 Å². The standard InChI is InChI=1S/C10H8BrCl2F2NO2/c11-6-3-5(13)4-7(9(6)18-10(14)15)16-8(17)1-2-12/h3-4,10H,1-2H2,(H,16,17). The number of hydrogen-bond donors (Lipinski definition) is 1. The highest BCUT2D eigenvalue weighted by atomic mass is 79.9. The third-order valence-corrected chi connectivity index (χ3v) is 2.81. The van der Waals surface area contributed by atoms with Crippen molar-refractivity contribution < 1.29 is 18.3 Å². The highest BCUT2D eigenvalue weighted by Gasteiger charge is 2.16. The molecule has 1 N–H and O–H groups in total. The van der Waals surface area contributed by atoms with Gasteiger partial charge in [0.25, 0.3) is 0 Å². The van der Waals surface area contributed by atoms with Crippen LogP contribution in [0, 0.1) is 0 Å². The maximum absolute atomic E-state index is 12.3. The van der Waals surface area contributed by atoms with Crippen LogP contribution in [0.5, 0.6) is 5.75 Å². The van der Waals surface area contributed by atoms with Crippen LogP contribution in [0.15, 0.2) is 16.6 Å². The van der Waals surface area contributed by atoms with Crippen LogP contribution in [0.3, 0.4) is 0 Å². The highest BCUT2D eigenvalue weighted by Crippen LogP contribution is 2.37. The molecule has 18 heavy (non-hydrogen) atoms. The second-order valence-electron chi connectivity index (χ2n) is 3.13. The molecule has 1 aromatic carbocycles. The number of halogens is 5. The Morgan fingerprint density at radius 1 is 1.50 bits per heavy atom. The Bertz CT molecular complexity index is 446. The Morgan fingerprint density at radius 3 is 2.72 bits per heavy atom. The average Bonchev–Trinajstić information content (AvgIpc) is 2.23. The molecule has 0 saturated heterocycles. The highest BCUT2D eigenvalue weighted by molar-refractivity contribution is 9.10. The van der Waals surface area contributed by atoms with Crippen LogP contribution in [0.25, 0.3) is 0 Å². The van der Waals surface area contributed by atoms with Crippen LogP contribution in [0.1, 0.15) is 6.42 Å². The van der Waals surface area contributed by atoms with Crippen molar-refractivity contribution in [1.82, 2.24) is 0 Å². The number of anilines is 1. The number of hydrogen-bond acceptors (Lipinski definition) is 2. The topological polar surface area (TPSA) is 38.3 Å². The van der Waals surface area contributed by atoms with Gasteiger partial charge in [-0.3, -0.25) is 4.79 Å². The fourth-order valence-corrected chi connectivity index (χ4v) is 2.24. The maximum Gasteiger partial charge on any atom is 0.387 e. The van der Waals surface area contributed by atoms with Gasteiger partial charge in [0.15, 0.2) is 5.75 Å². The first kappa shape index (κ1) is 15.5. The smallest absolute Gasteiger partial charge is 0.387 e. The summed E-state index contributed by atoms with van der Waals surface area (Å²) in [4.78, 5) is 11.4. The van der Waals surface area contributed by atoms with Crippen LogP contribution >= 0.6 is 39.1 Å². The van der Waals surface area contributed by atoms with Crippen molar-refractivity contribution in [2.45, 2.75) is 13.0 Å². The van der Waals surface area contributed by atoms with Crippen LogP contribution < -0.4 is 10.1 Å². The molecular formula is C10H8BrCl2F2NO2. The van der Waals surface area contributed by atoms with Gasteiger partial charge in [0.05, 0.1) is 10.2 Å². The molecule has 0 fully saturated rings. The fraction of sp³-hybridized carbons (Fsp3) is 0.300. The third-order valence-electron chi connectivity index (χ3n) is 1.81. The van der Waals surface area contributed by atoms with Gasteiger partial charge in [-0.05, 0) is 28.1 Å². The molecule has 0 spiro atoms. The summed E-state index contributed by atoms with van der Waals surface area (Å²) in [5.41, 5.74) is 0.0600. The number of nitrogens with one attached hydrogen (secondary N) is 1. The van der Waals surface area contributed by atoms with E-state index in [9.17, 15) is 13.6 Å². The zero-order valence-electron chi connectivity index (χ0n) is 8.85. The van der Waals surface area contributed by atoms with E-state index < -0.39 is 12.5 Å². The zero-order valence-corrected chi connectivity index (χ0v) is 12.0. The Balaban J connectivity index is 3.03. The first-order valence-electron chi connectivity index (χ1n) is 4.73. The van der Waals surface area contributed by atoms with Crippen LogP contribution in [-0.4, -0.2) is 18.4 Å². The monoisotopic (exact) mass is 361 g/mol. The molecule has 0 bridgehead atoms. The predicted molar refractivity (Wildman–Crippen MR) is 69.8 cm³/mol. The summed E-state index contributed by atoms with van der Waals surface area (Å²) >= 11 is 14.2. The first-order chi connectivity index (χ1) is 8.43. The molecule has 1 aromatic rings. The fourth-order valence-electron chi connectivity index (χ4n) is 1.16. The Labute approximate surface area is 121 Å². The molecular weight excluding hydrogens is 355 g/mol. The first-order valence-corrected chi connectivity index (χ1v) is 6.44. The molecule has 1 amide bonds. The minimum Gasteiger partial charge on any atom is -0.431 e. The molecule has 0 saturated carbocycles. The number of carbonyl (C=O) groups excluding carboxylic acids is 1. The Hall–Kier alpha value is -0.590. The number of ether oxygens (including phenoxy) is 1. The van der Waals surface area contributed by atoms with E-state index in [1.54, 1.807) is 0 Å². The SMILES string of the molecule is O=C(CCCl)Nc1cc(Cl)cc(Br)c1OC(F)F. The van der Waals surface area contributed by atoms with Crippen molar-refractivity contribution >= 4 is 50.7 Å². The number of rotatable bonds is 5. The Kier molecular flexibility index (Phi) is 6.11. The van der Waals surface area contributed by atoms with E-state index in [2.05, 4.69) is 26.0 Å². The van der Waals surface area contributed by atoms with Crippen molar-refractivity contribution in [1.29, 1.82) is 0 Å². The van der Waals surface area contributed by atoms with Crippen molar-refractivity contribution in [3.8, 4) is 5.75 Å². The van der Waals surface area contributed by atoms with Gasteiger partial charge in [-0.15, -0.1) is 11.6 Å². The minimum absolute atomic E-state index is 0.0554. The molecule has 0 aliphatic heterocycles. The molecule has 3 nitrogen and oxygen atoms in total. The number of alkyl halides is 3. The average molecular weight is 363 g/mol. The van der Waals surface area contributed by atoms with Crippen molar-refractivity contribution in [3.63, 3.8) is 0 Å². The van der Waals surface area contributed by atoms with Crippen LogP contribution in [-0.2, 0) is 4.79 Å². The second-order valence-corrected chi connectivity index (χ2v) is 4.80. The summed E-state index contributed by atoms with van der Waals surface area (Å²) < 4.78 is 29.1. The van der Waals surface area contributed by atoms with E-state index in [4.69, 9.17) is 23.2 Å². The van der Waals surface area contributed by atoms with E-state index in [0.717, 1.165) is 0 Å². The number of benzene rings is 1. The normalized spacial score (nSPS) is 10.6. The zero-order chi connectivity index (χ0) is 13.7. The lowest BCUT2D eigenvalue weighted by Crippen LogP contribution is -2.14. The predicted octanol–water partition coefficient (Wildman–Crippen LogP) is 4.27. The van der Waals surface area contributed by atoms with Crippen LogP contribution in [0.4, 0.5) is 14.5 Å². The lowest BCUT2D eigenvalue weighted by molar-refractivity contribution is -0.115. The van der Waals surface area contributed by atoms with Gasteiger partial charge < -0.3 is 10.1 Å². The van der Waals surface area contributed by atoms with E-state index >= 15 is 0 Å². The summed E-state index contributed by atoms with van der Waals surface area (Å²) in [6.07, 6.45) is 0.0554. The number of carbonyl (C=O) groups is 1. The van der Waals surface area contributed by atoms with Crippen molar-refractivity contribution in [2.75, 3.05) is 11.2 Å². The van der Waals surface area contributed by atoms with Gasteiger partial charge >= 0.3 is 6.61 Å². The van der Waals surface area contributed by atoms with Gasteiger partial charge in [0.2, 0.25) is 5.91 Å². The molecule has 0 radical (unpaired) electrons. The van der Waals surface area contributed by atoms with Crippen molar-refractivity contribution in [3.05, 3.63) is 21.6 Å². The molecule has 0 aliphatic carbocycles. The molecule has 100 valence electrons. The quantitative estimate of drug-likeness (QED) is 0.794. The minimum atomic E-state index is -3.01. The van der Waals surface area contributed by atoms with E-state index in [1.165, 1.54) is 12.1 Å². The molecule has 0 aliphatic rings. The lowest BCUT2D eigenvalue weighted by Gasteiger charge is -2.13. The summed E-state index contributed by atoms with van der Waals surface area (Å²) in [6, 6.07) is 2.70. The molecule has 0 heterocycles. The van der Waals surface area contributed by atoms with Gasteiger partial charge in [-0.2, -0.15) is 8.78 Å². The summed E-state index contributed by atoms with van der Waals surface area (Å²) in [5, 5.41) is 2.67. The van der Waals surface area contributed by atoms with E-state index in [1.807, 2.05) is 0 Å². The van der Waals surface area contributed by atoms with Crippen LogP contribution in [0.2, 0.25) is 5.02 Å². The molecule has 1 rings (SSSR count). The summed E-state index contributed by atoms with van der Waals surface area (Å²) in [7, 11) is 0. The van der Waals surface area contributed by atoms with Gasteiger partial charge in [0.1, 0.15) is 0 Å². The summed E-state index contributed by atoms with van der Waals surface area (Å²) in [6.45, 7) is -3.01. The molecule has 0 atom stereocenters.